The zero-order valence-electron chi connectivity index (χ0n) is 14.5. The van der Waals surface area contributed by atoms with E-state index in [1.165, 1.54) is 0 Å². The maximum Gasteiger partial charge on any atom is 0.185 e. The van der Waals surface area contributed by atoms with Gasteiger partial charge in [0.15, 0.2) is 9.84 Å². The first-order valence-electron chi connectivity index (χ1n) is 8.84. The van der Waals surface area contributed by atoms with E-state index in [-0.39, 0.29) is 10.7 Å². The van der Waals surface area contributed by atoms with Gasteiger partial charge in [0.05, 0.1) is 10.1 Å². The monoisotopic (exact) mass is 361 g/mol. The summed E-state index contributed by atoms with van der Waals surface area (Å²) in [6.07, 6.45) is 4.35. The molecule has 2 N–H and O–H groups in total. The Bertz CT molecular complexity index is 860. The first-order chi connectivity index (χ1) is 11.9. The SMILES string of the molecule is CCCc1cc(F)c2c(c1)C(S(=O)(=O)c1ccc(N)cc1)CCCC2. The molecule has 0 saturated carbocycles. The minimum Gasteiger partial charge on any atom is -0.399 e. The number of nitrogen functional groups attached to an aromatic ring is 1. The highest BCUT2D eigenvalue weighted by atomic mass is 32.2. The molecule has 0 amide bonds. The maximum atomic E-state index is 14.6. The molecule has 0 radical (unpaired) electrons. The molecule has 1 atom stereocenters. The Kier molecular flexibility index (Phi) is 5.13. The Morgan fingerprint density at radius 2 is 1.88 bits per heavy atom. The van der Waals surface area contributed by atoms with Gasteiger partial charge in [-0.2, -0.15) is 0 Å². The lowest BCUT2D eigenvalue weighted by atomic mass is 9.97. The molecule has 5 heteroatoms. The van der Waals surface area contributed by atoms with Gasteiger partial charge in [0, 0.05) is 5.69 Å². The number of rotatable bonds is 4. The average Bonchev–Trinajstić information content (AvgIpc) is 2.79. The van der Waals surface area contributed by atoms with Gasteiger partial charge in [0.1, 0.15) is 5.82 Å². The standard InChI is InChI=1S/C20H24FNO2S/c1-2-5-14-12-18-17(19(21)13-14)6-3-4-7-20(18)25(23,24)16-10-8-15(22)9-11-16/h8-13,20H,2-7,22H2,1H3. The van der Waals surface area contributed by atoms with Gasteiger partial charge >= 0.3 is 0 Å². The van der Waals surface area contributed by atoms with Crippen LogP contribution in [0.2, 0.25) is 0 Å². The summed E-state index contributed by atoms with van der Waals surface area (Å²) in [6, 6.07) is 9.76. The molecule has 0 aromatic heterocycles. The summed E-state index contributed by atoms with van der Waals surface area (Å²) in [7, 11) is -3.59. The van der Waals surface area contributed by atoms with Gasteiger partial charge in [0.25, 0.3) is 0 Å². The number of sulfone groups is 1. The molecule has 134 valence electrons. The minimum atomic E-state index is -3.59. The molecule has 3 rings (SSSR count). The molecule has 0 spiro atoms. The van der Waals surface area contributed by atoms with Crippen LogP contribution >= 0.6 is 0 Å². The van der Waals surface area contributed by atoms with Crippen molar-refractivity contribution in [3.8, 4) is 0 Å². The minimum absolute atomic E-state index is 0.251. The van der Waals surface area contributed by atoms with Crippen LogP contribution in [-0.2, 0) is 22.7 Å². The second kappa shape index (κ2) is 7.16. The smallest absolute Gasteiger partial charge is 0.185 e. The van der Waals surface area contributed by atoms with E-state index >= 15 is 0 Å². The molecule has 0 heterocycles. The average molecular weight is 361 g/mol. The Morgan fingerprint density at radius 1 is 1.16 bits per heavy atom. The van der Waals surface area contributed by atoms with Gasteiger partial charge in [-0.25, -0.2) is 12.8 Å². The zero-order valence-corrected chi connectivity index (χ0v) is 15.3. The summed E-state index contributed by atoms with van der Waals surface area (Å²) in [5.41, 5.74) is 8.30. The number of benzene rings is 2. The predicted molar refractivity (Wildman–Crippen MR) is 98.7 cm³/mol. The summed E-state index contributed by atoms with van der Waals surface area (Å²) < 4.78 is 41.1. The summed E-state index contributed by atoms with van der Waals surface area (Å²) in [5.74, 6) is -0.264. The largest absolute Gasteiger partial charge is 0.399 e. The van der Waals surface area contributed by atoms with Crippen LogP contribution in [-0.4, -0.2) is 8.42 Å². The fraction of sp³-hybridized carbons (Fsp3) is 0.400. The van der Waals surface area contributed by atoms with Crippen LogP contribution in [0, 0.1) is 5.82 Å². The summed E-state index contributed by atoms with van der Waals surface area (Å²) in [6.45, 7) is 2.03. The molecule has 2 aromatic rings. The predicted octanol–water partition coefficient (Wildman–Crippen LogP) is 4.60. The zero-order chi connectivity index (χ0) is 18.0. The van der Waals surface area contributed by atoms with E-state index in [2.05, 4.69) is 0 Å². The van der Waals surface area contributed by atoms with Crippen molar-refractivity contribution in [2.75, 3.05) is 5.73 Å². The summed E-state index contributed by atoms with van der Waals surface area (Å²) >= 11 is 0. The first kappa shape index (κ1) is 17.9. The van der Waals surface area contributed by atoms with Crippen LogP contribution in [0.25, 0.3) is 0 Å². The van der Waals surface area contributed by atoms with Crippen molar-refractivity contribution in [2.45, 2.75) is 55.6 Å². The Hall–Kier alpha value is -1.88. The van der Waals surface area contributed by atoms with Gasteiger partial charge in [-0.3, -0.25) is 0 Å². The van der Waals surface area contributed by atoms with Gasteiger partial charge in [-0.15, -0.1) is 0 Å². The topological polar surface area (TPSA) is 60.2 Å². The fourth-order valence-corrected chi connectivity index (χ4v) is 5.50. The van der Waals surface area contributed by atoms with Crippen molar-refractivity contribution < 1.29 is 12.8 Å². The van der Waals surface area contributed by atoms with E-state index in [1.807, 2.05) is 13.0 Å². The summed E-state index contributed by atoms with van der Waals surface area (Å²) in [4.78, 5) is 0.251. The molecule has 0 aliphatic heterocycles. The molecule has 1 aliphatic carbocycles. The molecular weight excluding hydrogens is 337 g/mol. The second-order valence-corrected chi connectivity index (χ2v) is 8.87. The lowest BCUT2D eigenvalue weighted by molar-refractivity contribution is 0.571. The normalized spacial score (nSPS) is 17.8. The third-order valence-electron chi connectivity index (χ3n) is 4.90. The van der Waals surface area contributed by atoms with E-state index in [4.69, 9.17) is 5.73 Å². The quantitative estimate of drug-likeness (QED) is 0.639. The lowest BCUT2D eigenvalue weighted by Crippen LogP contribution is -2.15. The Morgan fingerprint density at radius 3 is 2.56 bits per heavy atom. The Labute approximate surface area is 149 Å². The molecule has 2 aromatic carbocycles. The molecule has 0 fully saturated rings. The van der Waals surface area contributed by atoms with Crippen molar-refractivity contribution in [1.82, 2.24) is 0 Å². The number of nitrogens with two attached hydrogens (primary N) is 1. The molecule has 1 aliphatic rings. The molecular formula is C20H24FNO2S. The number of hydrogen-bond acceptors (Lipinski definition) is 3. The summed E-state index contributed by atoms with van der Waals surface area (Å²) in [5, 5.41) is -0.695. The van der Waals surface area contributed by atoms with Crippen molar-refractivity contribution in [3.63, 3.8) is 0 Å². The van der Waals surface area contributed by atoms with Crippen LogP contribution in [0.5, 0.6) is 0 Å². The first-order valence-corrected chi connectivity index (χ1v) is 10.4. The van der Waals surface area contributed by atoms with E-state index in [0.717, 1.165) is 31.2 Å². The third kappa shape index (κ3) is 3.56. The maximum absolute atomic E-state index is 14.6. The van der Waals surface area contributed by atoms with E-state index in [0.29, 0.717) is 29.7 Å². The van der Waals surface area contributed by atoms with Gasteiger partial charge in [-0.1, -0.05) is 25.8 Å². The number of fused-ring (bicyclic) bond motifs is 1. The van der Waals surface area contributed by atoms with Crippen LogP contribution in [0.15, 0.2) is 41.3 Å². The van der Waals surface area contributed by atoms with E-state index < -0.39 is 15.1 Å². The fourth-order valence-electron chi connectivity index (χ4n) is 3.63. The van der Waals surface area contributed by atoms with Crippen LogP contribution in [0.4, 0.5) is 10.1 Å². The van der Waals surface area contributed by atoms with Crippen molar-refractivity contribution in [3.05, 3.63) is 58.9 Å². The van der Waals surface area contributed by atoms with Crippen LogP contribution in [0.3, 0.4) is 0 Å². The molecule has 25 heavy (non-hydrogen) atoms. The lowest BCUT2D eigenvalue weighted by Gasteiger charge is -2.20. The Balaban J connectivity index is 2.13. The van der Waals surface area contributed by atoms with Crippen molar-refractivity contribution >= 4 is 15.5 Å². The van der Waals surface area contributed by atoms with Crippen molar-refractivity contribution in [2.24, 2.45) is 0 Å². The number of hydrogen-bond donors (Lipinski definition) is 1. The van der Waals surface area contributed by atoms with Gasteiger partial charge in [-0.05, 0) is 72.7 Å². The number of anilines is 1. The van der Waals surface area contributed by atoms with Crippen molar-refractivity contribution in [1.29, 1.82) is 0 Å². The second-order valence-electron chi connectivity index (χ2n) is 6.74. The van der Waals surface area contributed by atoms with Gasteiger partial charge in [0.2, 0.25) is 0 Å². The number of halogens is 1. The third-order valence-corrected chi connectivity index (χ3v) is 7.07. The van der Waals surface area contributed by atoms with Crippen LogP contribution in [0.1, 0.15) is 54.5 Å². The van der Waals surface area contributed by atoms with E-state index in [9.17, 15) is 12.8 Å². The van der Waals surface area contributed by atoms with E-state index in [1.54, 1.807) is 30.3 Å². The molecule has 0 saturated heterocycles. The highest BCUT2D eigenvalue weighted by Crippen LogP contribution is 2.39. The molecule has 3 nitrogen and oxygen atoms in total. The highest BCUT2D eigenvalue weighted by molar-refractivity contribution is 7.91. The number of aryl methyl sites for hydroxylation is 1. The van der Waals surface area contributed by atoms with Crippen LogP contribution < -0.4 is 5.73 Å². The highest BCUT2D eigenvalue weighted by Gasteiger charge is 2.33. The molecule has 1 unspecified atom stereocenters. The molecule has 0 bridgehead atoms. The van der Waals surface area contributed by atoms with Gasteiger partial charge < -0.3 is 5.73 Å².